The molecule has 0 aliphatic carbocycles. The molecule has 1 N–H and O–H groups in total. The second-order valence-electron chi connectivity index (χ2n) is 16.1. The van der Waals surface area contributed by atoms with Crippen molar-refractivity contribution in [1.29, 1.82) is 0 Å². The molecule has 0 heterocycles. The van der Waals surface area contributed by atoms with Crippen LogP contribution in [0.15, 0.2) is 72.9 Å². The molecule has 0 aliphatic rings. The number of hydrogen-bond donors (Lipinski definition) is 1. The minimum absolute atomic E-state index is 0.0273. The van der Waals surface area contributed by atoms with Crippen LogP contribution in [0.1, 0.15) is 168 Å². The highest BCUT2D eigenvalue weighted by molar-refractivity contribution is 7.47. The number of ether oxygens (including phenoxy) is 2. The number of allylic oxidation sites excluding steroid dienone is 12. The maximum atomic E-state index is 12.7. The van der Waals surface area contributed by atoms with Crippen LogP contribution in [-0.2, 0) is 32.7 Å². The second-order valence-corrected chi connectivity index (χ2v) is 17.5. The van der Waals surface area contributed by atoms with Crippen molar-refractivity contribution in [1.82, 2.24) is 0 Å². The molecule has 9 nitrogen and oxygen atoms in total. The summed E-state index contributed by atoms with van der Waals surface area (Å²) in [7, 11) is 1.46. The molecule has 0 aromatic rings. The summed E-state index contributed by atoms with van der Waals surface area (Å²) in [6.07, 6.45) is 49.8. The molecule has 0 rings (SSSR count). The van der Waals surface area contributed by atoms with E-state index in [1.165, 1.54) is 51.4 Å². The van der Waals surface area contributed by atoms with Gasteiger partial charge in [-0.3, -0.25) is 18.6 Å². The van der Waals surface area contributed by atoms with Crippen molar-refractivity contribution in [3.8, 4) is 0 Å². The molecule has 0 aromatic heterocycles. The van der Waals surface area contributed by atoms with Crippen LogP contribution < -0.4 is 0 Å². The summed E-state index contributed by atoms with van der Waals surface area (Å²) in [5, 5.41) is 0. The van der Waals surface area contributed by atoms with Crippen molar-refractivity contribution < 1.29 is 42.1 Å². The Morgan fingerprint density at radius 3 is 1.47 bits per heavy atom. The minimum atomic E-state index is -4.37. The van der Waals surface area contributed by atoms with Crippen LogP contribution in [0.25, 0.3) is 0 Å². The first-order chi connectivity index (χ1) is 28.0. The highest BCUT2D eigenvalue weighted by Crippen LogP contribution is 2.43. The van der Waals surface area contributed by atoms with Crippen LogP contribution >= 0.6 is 7.82 Å². The fourth-order valence-corrected chi connectivity index (χ4v) is 6.46. The third-order valence-corrected chi connectivity index (χ3v) is 10.2. The topological polar surface area (TPSA) is 108 Å². The van der Waals surface area contributed by atoms with Gasteiger partial charge in [-0.25, -0.2) is 4.57 Å². The number of hydrogen-bond acceptors (Lipinski definition) is 7. The number of carbonyl (C=O) groups excluding carboxylic acids is 2. The number of unbranched alkanes of at least 4 members (excludes halogenated alkanes) is 14. The number of nitrogens with zero attached hydrogens (tertiary/aromatic N) is 1. The molecular formula is C48H85NO8P+. The molecule has 0 spiro atoms. The van der Waals surface area contributed by atoms with Gasteiger partial charge >= 0.3 is 19.8 Å². The van der Waals surface area contributed by atoms with Crippen molar-refractivity contribution in [2.45, 2.75) is 174 Å². The average Bonchev–Trinajstić information content (AvgIpc) is 3.17. The molecule has 0 fully saturated rings. The average molecular weight is 835 g/mol. The highest BCUT2D eigenvalue weighted by Gasteiger charge is 2.27. The monoisotopic (exact) mass is 835 g/mol. The zero-order valence-corrected chi connectivity index (χ0v) is 38.4. The number of carbonyl (C=O) groups is 2. The van der Waals surface area contributed by atoms with E-state index in [2.05, 4.69) is 86.8 Å². The molecule has 0 saturated carbocycles. The SMILES string of the molecule is CC/C=C\C/C=C\C/C=C\C/C=C\C/C=C\C/C=C\CCCCCCCCCCC(=O)OC(COC(=O)CCCCCCCCC)COP(=O)(O)OCC[N+](C)(C)C. The van der Waals surface area contributed by atoms with E-state index in [4.69, 9.17) is 18.5 Å². The van der Waals surface area contributed by atoms with Crippen LogP contribution in [-0.4, -0.2) is 74.9 Å². The number of quaternary nitrogens is 1. The highest BCUT2D eigenvalue weighted by atomic mass is 31.2. The van der Waals surface area contributed by atoms with Crippen LogP contribution in [0.5, 0.6) is 0 Å². The fourth-order valence-electron chi connectivity index (χ4n) is 5.72. The zero-order chi connectivity index (χ0) is 42.8. The Morgan fingerprint density at radius 2 is 0.983 bits per heavy atom. The molecule has 2 atom stereocenters. The van der Waals surface area contributed by atoms with Crippen molar-refractivity contribution in [2.24, 2.45) is 0 Å². The van der Waals surface area contributed by atoms with E-state index in [-0.39, 0.29) is 32.0 Å². The molecule has 0 amide bonds. The van der Waals surface area contributed by atoms with Gasteiger partial charge in [0.15, 0.2) is 6.10 Å². The summed E-state index contributed by atoms with van der Waals surface area (Å²) in [5.74, 6) is -0.820. The van der Waals surface area contributed by atoms with E-state index in [0.717, 1.165) is 83.5 Å². The zero-order valence-electron chi connectivity index (χ0n) is 37.5. The summed E-state index contributed by atoms with van der Waals surface area (Å²) in [6.45, 7) is 4.23. The molecule has 0 radical (unpaired) electrons. The molecule has 0 aromatic carbocycles. The Hall–Kier alpha value is -2.55. The number of phosphoric ester groups is 1. The lowest BCUT2D eigenvalue weighted by Crippen LogP contribution is -2.37. The fraction of sp³-hybridized carbons (Fsp3) is 0.708. The maximum Gasteiger partial charge on any atom is 0.472 e. The number of phosphoric acid groups is 1. The van der Waals surface area contributed by atoms with Gasteiger partial charge in [-0.05, 0) is 64.2 Å². The van der Waals surface area contributed by atoms with Gasteiger partial charge < -0.3 is 18.9 Å². The first-order valence-corrected chi connectivity index (χ1v) is 24.2. The smallest absolute Gasteiger partial charge is 0.462 e. The third kappa shape index (κ3) is 43.0. The summed E-state index contributed by atoms with van der Waals surface area (Å²) in [5.41, 5.74) is 0. The molecule has 58 heavy (non-hydrogen) atoms. The Kier molecular flexibility index (Phi) is 38.1. The Balaban J connectivity index is 4.18. The van der Waals surface area contributed by atoms with Gasteiger partial charge in [-0.15, -0.1) is 0 Å². The predicted octanol–water partition coefficient (Wildman–Crippen LogP) is 13.0. The largest absolute Gasteiger partial charge is 0.472 e. The van der Waals surface area contributed by atoms with E-state index in [0.29, 0.717) is 17.4 Å². The number of likely N-dealkylation sites (N-methyl/N-ethyl adjacent to an activating group) is 1. The lowest BCUT2D eigenvalue weighted by Gasteiger charge is -2.24. The molecule has 0 aliphatic heterocycles. The Labute approximate surface area is 355 Å². The van der Waals surface area contributed by atoms with E-state index >= 15 is 0 Å². The first-order valence-electron chi connectivity index (χ1n) is 22.7. The van der Waals surface area contributed by atoms with E-state index < -0.39 is 26.5 Å². The lowest BCUT2D eigenvalue weighted by molar-refractivity contribution is -0.870. The minimum Gasteiger partial charge on any atom is -0.462 e. The van der Waals surface area contributed by atoms with Gasteiger partial charge in [0, 0.05) is 12.8 Å². The molecule has 334 valence electrons. The van der Waals surface area contributed by atoms with Crippen molar-refractivity contribution in [3.63, 3.8) is 0 Å². The van der Waals surface area contributed by atoms with E-state index in [1.54, 1.807) is 0 Å². The summed E-state index contributed by atoms with van der Waals surface area (Å²) < 4.78 is 34.2. The van der Waals surface area contributed by atoms with Gasteiger partial charge in [-0.2, -0.15) is 0 Å². The van der Waals surface area contributed by atoms with E-state index in [9.17, 15) is 19.0 Å². The lowest BCUT2D eigenvalue weighted by atomic mass is 10.1. The van der Waals surface area contributed by atoms with Gasteiger partial charge in [0.1, 0.15) is 19.8 Å². The summed E-state index contributed by atoms with van der Waals surface area (Å²) in [4.78, 5) is 35.2. The Bertz CT molecular complexity index is 1220. The van der Waals surface area contributed by atoms with Crippen molar-refractivity contribution >= 4 is 19.8 Å². The first kappa shape index (κ1) is 55.5. The molecular weight excluding hydrogens is 750 g/mol. The molecule has 0 saturated heterocycles. The standard InChI is InChI=1S/C48H84NO8P/c1-6-8-10-12-14-15-16-17-18-19-20-21-22-23-24-25-26-27-28-29-30-31-32-33-35-37-39-41-48(51)57-46(45-56-58(52,53)55-43-42-49(3,4)5)44-54-47(50)40-38-36-34-13-11-9-7-2/h8,10,14-15,17-18,20-21,23-24,26-27,46H,6-7,9,11-13,16,19,22,25,28-45H2,1-5H3/p+1/b10-8-,15-14-,18-17-,21-20-,24-23-,27-26-. The number of esters is 2. The Morgan fingerprint density at radius 1 is 0.552 bits per heavy atom. The molecule has 0 bridgehead atoms. The van der Waals surface area contributed by atoms with Crippen LogP contribution in [0.4, 0.5) is 0 Å². The second kappa shape index (κ2) is 39.9. The summed E-state index contributed by atoms with van der Waals surface area (Å²) in [6, 6.07) is 0. The van der Waals surface area contributed by atoms with E-state index in [1.807, 2.05) is 21.1 Å². The van der Waals surface area contributed by atoms with Gasteiger partial charge in [-0.1, -0.05) is 164 Å². The predicted molar refractivity (Wildman–Crippen MR) is 242 cm³/mol. The molecule has 10 heteroatoms. The van der Waals surface area contributed by atoms with Crippen LogP contribution in [0.3, 0.4) is 0 Å². The maximum absolute atomic E-state index is 12.7. The normalized spacial score (nSPS) is 14.2. The van der Waals surface area contributed by atoms with Gasteiger partial charge in [0.25, 0.3) is 0 Å². The van der Waals surface area contributed by atoms with Gasteiger partial charge in [0.2, 0.25) is 0 Å². The van der Waals surface area contributed by atoms with Crippen LogP contribution in [0.2, 0.25) is 0 Å². The summed E-state index contributed by atoms with van der Waals surface area (Å²) >= 11 is 0. The van der Waals surface area contributed by atoms with Crippen molar-refractivity contribution in [3.05, 3.63) is 72.9 Å². The molecule has 2 unspecified atom stereocenters. The van der Waals surface area contributed by atoms with Crippen molar-refractivity contribution in [2.75, 3.05) is 47.5 Å². The third-order valence-electron chi connectivity index (χ3n) is 9.25. The number of rotatable bonds is 40. The van der Waals surface area contributed by atoms with Crippen LogP contribution in [0, 0.1) is 0 Å². The van der Waals surface area contributed by atoms with Gasteiger partial charge in [0.05, 0.1) is 27.7 Å². The quantitative estimate of drug-likeness (QED) is 0.0214.